The van der Waals surface area contributed by atoms with Crippen LogP contribution in [-0.4, -0.2) is 0 Å². The Kier molecular flexibility index (Phi) is 8.62. The van der Waals surface area contributed by atoms with E-state index < -0.39 is 0 Å². The van der Waals surface area contributed by atoms with Crippen molar-refractivity contribution in [3.05, 3.63) is 46.6 Å². The van der Waals surface area contributed by atoms with Crippen LogP contribution in [0.25, 0.3) is 0 Å². The summed E-state index contributed by atoms with van der Waals surface area (Å²) in [5.74, 6) is 1.31. The molecule has 0 aromatic rings. The maximum Gasteiger partial charge on any atom is 2.00 e. The monoisotopic (exact) mass is 290 g/mol. The Balaban J connectivity index is 0.000000324. The third-order valence-corrected chi connectivity index (χ3v) is 3.41. The van der Waals surface area contributed by atoms with Crippen molar-refractivity contribution >= 4 is 0 Å². The maximum absolute atomic E-state index is 3.33. The molecule has 0 aromatic carbocycles. The fourth-order valence-electron chi connectivity index (χ4n) is 2.45. The molecule has 0 fully saturated rings. The van der Waals surface area contributed by atoms with E-state index in [9.17, 15) is 0 Å². The summed E-state index contributed by atoms with van der Waals surface area (Å²) in [6.45, 7) is 13.2. The van der Waals surface area contributed by atoms with Crippen LogP contribution in [-0.2, 0) is 21.7 Å². The zero-order valence-corrected chi connectivity index (χ0v) is 14.8. The summed E-state index contributed by atoms with van der Waals surface area (Å²) in [6.07, 6.45) is 13.2. The van der Waals surface area contributed by atoms with E-state index in [2.05, 4.69) is 65.8 Å². The van der Waals surface area contributed by atoms with Crippen molar-refractivity contribution in [2.75, 3.05) is 0 Å². The van der Waals surface area contributed by atoms with Crippen molar-refractivity contribution < 1.29 is 21.7 Å². The Hall–Kier alpha value is -0.326. The first kappa shape index (κ1) is 18.7. The van der Waals surface area contributed by atoms with E-state index in [1.54, 1.807) is 0 Å². The molecule has 2 aliphatic carbocycles. The van der Waals surface area contributed by atoms with Gasteiger partial charge in [-0.2, -0.15) is 12.2 Å². The Morgan fingerprint density at radius 3 is 1.21 bits per heavy atom. The Labute approximate surface area is 134 Å². The molecule has 0 nitrogen and oxygen atoms in total. The molecule has 0 atom stereocenters. The normalized spacial score (nSPS) is 17.3. The molecular weight excluding hydrogens is 264 g/mol. The molecule has 0 bridgehead atoms. The van der Waals surface area contributed by atoms with Gasteiger partial charge in [0.2, 0.25) is 0 Å². The summed E-state index contributed by atoms with van der Waals surface area (Å²) in [6, 6.07) is 0. The zero-order valence-electron chi connectivity index (χ0n) is 13.2. The van der Waals surface area contributed by atoms with Crippen molar-refractivity contribution in [1.82, 2.24) is 0 Å². The molecule has 0 saturated heterocycles. The second kappa shape index (κ2) is 8.77. The average Bonchev–Trinajstić information content (AvgIpc) is 2.87. The molecule has 19 heavy (non-hydrogen) atoms. The standard InChI is InChI=1S/2C9H13.Ti/c2*1-7(2)9-6-4-5-8(9)3;/h2*5,7H,4H2,1-3H3;/q2*-1;+2. The first-order chi connectivity index (χ1) is 8.43. The van der Waals surface area contributed by atoms with E-state index in [1.165, 1.54) is 22.3 Å². The first-order valence-corrected chi connectivity index (χ1v) is 6.99. The van der Waals surface area contributed by atoms with Gasteiger partial charge in [0.05, 0.1) is 0 Å². The van der Waals surface area contributed by atoms with Gasteiger partial charge >= 0.3 is 21.7 Å². The van der Waals surface area contributed by atoms with Crippen LogP contribution in [0.3, 0.4) is 0 Å². The molecule has 0 saturated carbocycles. The summed E-state index contributed by atoms with van der Waals surface area (Å²) < 4.78 is 0. The quantitative estimate of drug-likeness (QED) is 0.469. The second-order valence-corrected chi connectivity index (χ2v) is 5.67. The topological polar surface area (TPSA) is 0 Å². The van der Waals surface area contributed by atoms with E-state index in [-0.39, 0.29) is 21.7 Å². The minimum atomic E-state index is 0. The van der Waals surface area contributed by atoms with Gasteiger partial charge in [-0.25, -0.2) is 22.3 Å². The summed E-state index contributed by atoms with van der Waals surface area (Å²) >= 11 is 0. The molecule has 0 N–H and O–H groups in total. The Bertz CT molecular complexity index is 363. The summed E-state index contributed by atoms with van der Waals surface area (Å²) in [5.41, 5.74) is 5.67. The van der Waals surface area contributed by atoms with Gasteiger partial charge in [-0.3, -0.25) is 12.2 Å². The fraction of sp³-hybridized carbons (Fsp3) is 0.556. The van der Waals surface area contributed by atoms with Gasteiger partial charge < -0.3 is 0 Å². The molecule has 0 amide bonds. The van der Waals surface area contributed by atoms with Crippen LogP contribution >= 0.6 is 0 Å². The van der Waals surface area contributed by atoms with Crippen LogP contribution in [0.5, 0.6) is 0 Å². The number of hydrogen-bond acceptors (Lipinski definition) is 0. The molecule has 102 valence electrons. The minimum Gasteiger partial charge on any atom is -0.269 e. The fourth-order valence-corrected chi connectivity index (χ4v) is 2.45. The molecule has 0 spiro atoms. The van der Waals surface area contributed by atoms with E-state index in [4.69, 9.17) is 0 Å². The average molecular weight is 290 g/mol. The zero-order chi connectivity index (χ0) is 13.7. The van der Waals surface area contributed by atoms with Crippen LogP contribution in [0, 0.1) is 24.0 Å². The van der Waals surface area contributed by atoms with Gasteiger partial charge in [-0.15, -0.1) is 26.7 Å². The van der Waals surface area contributed by atoms with Crippen molar-refractivity contribution in [2.45, 2.75) is 54.4 Å². The van der Waals surface area contributed by atoms with Crippen molar-refractivity contribution in [2.24, 2.45) is 11.8 Å². The van der Waals surface area contributed by atoms with E-state index in [1.807, 2.05) is 0 Å². The van der Waals surface area contributed by atoms with Gasteiger partial charge in [-0.1, -0.05) is 39.5 Å². The smallest absolute Gasteiger partial charge is 0.269 e. The molecule has 0 aromatic heterocycles. The van der Waals surface area contributed by atoms with Crippen molar-refractivity contribution in [3.8, 4) is 0 Å². The summed E-state index contributed by atoms with van der Waals surface area (Å²) in [4.78, 5) is 0. The predicted molar refractivity (Wildman–Crippen MR) is 79.9 cm³/mol. The third-order valence-electron chi connectivity index (χ3n) is 3.41. The number of rotatable bonds is 2. The molecule has 0 radical (unpaired) electrons. The molecular formula is C18H26Ti. The molecule has 2 aliphatic rings. The maximum atomic E-state index is 3.33. The van der Waals surface area contributed by atoms with Gasteiger partial charge in [0.15, 0.2) is 0 Å². The Morgan fingerprint density at radius 1 is 0.789 bits per heavy atom. The van der Waals surface area contributed by atoms with E-state index >= 15 is 0 Å². The SMILES string of the molecule is CC1=CC[C-]=C1C(C)C.CC1=CC[C-]=C1C(C)C.[Ti+2]. The molecule has 2 rings (SSSR count). The molecule has 0 aliphatic heterocycles. The number of hydrogen-bond donors (Lipinski definition) is 0. The van der Waals surface area contributed by atoms with E-state index in [0.29, 0.717) is 11.8 Å². The second-order valence-electron chi connectivity index (χ2n) is 5.67. The Morgan fingerprint density at radius 2 is 1.11 bits per heavy atom. The van der Waals surface area contributed by atoms with Crippen LogP contribution in [0.4, 0.5) is 0 Å². The first-order valence-electron chi connectivity index (χ1n) is 6.99. The predicted octanol–water partition coefficient (Wildman–Crippen LogP) is 5.44. The minimum absolute atomic E-state index is 0. The van der Waals surface area contributed by atoms with Crippen molar-refractivity contribution in [3.63, 3.8) is 0 Å². The van der Waals surface area contributed by atoms with Gasteiger partial charge in [0, 0.05) is 0 Å². The van der Waals surface area contributed by atoms with Crippen LogP contribution < -0.4 is 0 Å². The van der Waals surface area contributed by atoms with Crippen molar-refractivity contribution in [1.29, 1.82) is 0 Å². The van der Waals surface area contributed by atoms with Crippen LogP contribution in [0.2, 0.25) is 0 Å². The van der Waals surface area contributed by atoms with Gasteiger partial charge in [0.25, 0.3) is 0 Å². The van der Waals surface area contributed by atoms with Crippen LogP contribution in [0.15, 0.2) is 34.4 Å². The third kappa shape index (κ3) is 5.67. The van der Waals surface area contributed by atoms with Gasteiger partial charge in [0.1, 0.15) is 0 Å². The van der Waals surface area contributed by atoms with E-state index in [0.717, 1.165) is 12.8 Å². The van der Waals surface area contributed by atoms with Gasteiger partial charge in [-0.05, 0) is 0 Å². The molecule has 1 heteroatoms. The molecule has 0 heterocycles. The number of allylic oxidation sites excluding steroid dienone is 8. The van der Waals surface area contributed by atoms with Crippen LogP contribution in [0.1, 0.15) is 54.4 Å². The summed E-state index contributed by atoms with van der Waals surface area (Å²) in [5, 5.41) is 0. The molecule has 0 unspecified atom stereocenters. The summed E-state index contributed by atoms with van der Waals surface area (Å²) in [7, 11) is 0. The largest absolute Gasteiger partial charge is 2.00 e.